The molecule has 2 aromatic heterocycles. The van der Waals surface area contributed by atoms with Crippen LogP contribution >= 0.6 is 11.3 Å². The van der Waals surface area contributed by atoms with Gasteiger partial charge in [-0.15, -0.1) is 11.3 Å². The molecule has 0 aliphatic carbocycles. The van der Waals surface area contributed by atoms with Crippen molar-refractivity contribution in [2.45, 2.75) is 19.9 Å². The molecule has 0 fully saturated rings. The van der Waals surface area contributed by atoms with Crippen LogP contribution in [-0.2, 0) is 11.3 Å². The number of fused-ring (bicyclic) bond motifs is 1. The lowest BCUT2D eigenvalue weighted by atomic mass is 10.3. The molecule has 1 aromatic carbocycles. The highest BCUT2D eigenvalue weighted by Crippen LogP contribution is 2.29. The van der Waals surface area contributed by atoms with E-state index in [0.717, 1.165) is 27.4 Å². The van der Waals surface area contributed by atoms with Crippen LogP contribution in [0.5, 0.6) is 0 Å². The molecule has 23 heavy (non-hydrogen) atoms. The Kier molecular flexibility index (Phi) is 4.68. The van der Waals surface area contributed by atoms with Crippen molar-refractivity contribution < 1.29 is 9.90 Å². The van der Waals surface area contributed by atoms with Gasteiger partial charge in [-0.2, -0.15) is 0 Å². The van der Waals surface area contributed by atoms with E-state index in [4.69, 9.17) is 5.11 Å². The standard InChI is InChI=1S/C16H18N4O2S/c1-11-15(23-10-18-11)16-19-12-5-2-3-6-13(12)20(16)9-14(22)17-7-4-8-21/h2-3,5-6,10,21H,4,7-9H2,1H3,(H,17,22). The monoisotopic (exact) mass is 330 g/mol. The van der Waals surface area contributed by atoms with Gasteiger partial charge in [0.05, 0.1) is 27.1 Å². The summed E-state index contributed by atoms with van der Waals surface area (Å²) in [6, 6.07) is 7.77. The number of amides is 1. The molecule has 0 saturated heterocycles. The Balaban J connectivity index is 1.97. The van der Waals surface area contributed by atoms with Crippen LogP contribution in [0.4, 0.5) is 0 Å². The molecule has 0 bridgehead atoms. The van der Waals surface area contributed by atoms with E-state index < -0.39 is 0 Å². The molecule has 1 amide bonds. The Bertz CT molecular complexity index is 824. The fraction of sp³-hybridized carbons (Fsp3) is 0.312. The first-order valence-corrected chi connectivity index (χ1v) is 8.32. The maximum absolute atomic E-state index is 12.2. The van der Waals surface area contributed by atoms with Crippen LogP contribution in [-0.4, -0.2) is 38.7 Å². The summed E-state index contributed by atoms with van der Waals surface area (Å²) in [6.07, 6.45) is 0.553. The number of aryl methyl sites for hydroxylation is 1. The molecule has 0 saturated carbocycles. The zero-order chi connectivity index (χ0) is 16.2. The van der Waals surface area contributed by atoms with Crippen molar-refractivity contribution in [1.82, 2.24) is 19.9 Å². The zero-order valence-electron chi connectivity index (χ0n) is 12.8. The average Bonchev–Trinajstić information content (AvgIpc) is 3.11. The van der Waals surface area contributed by atoms with E-state index in [1.54, 1.807) is 5.51 Å². The lowest BCUT2D eigenvalue weighted by molar-refractivity contribution is -0.121. The maximum atomic E-state index is 12.2. The summed E-state index contributed by atoms with van der Waals surface area (Å²) < 4.78 is 1.92. The van der Waals surface area contributed by atoms with E-state index in [1.807, 2.05) is 35.8 Å². The topological polar surface area (TPSA) is 80.0 Å². The number of para-hydroxylation sites is 2. The summed E-state index contributed by atoms with van der Waals surface area (Å²) in [4.78, 5) is 22.1. The van der Waals surface area contributed by atoms with E-state index in [0.29, 0.717) is 13.0 Å². The molecule has 0 atom stereocenters. The van der Waals surface area contributed by atoms with E-state index >= 15 is 0 Å². The molecule has 3 aromatic rings. The molecule has 0 aliphatic rings. The van der Waals surface area contributed by atoms with Gasteiger partial charge < -0.3 is 15.0 Å². The maximum Gasteiger partial charge on any atom is 0.240 e. The molecule has 120 valence electrons. The van der Waals surface area contributed by atoms with Crippen LogP contribution in [0.3, 0.4) is 0 Å². The number of thiazole rings is 1. The fourth-order valence-corrected chi connectivity index (χ4v) is 3.23. The third kappa shape index (κ3) is 3.25. The zero-order valence-corrected chi connectivity index (χ0v) is 13.6. The van der Waals surface area contributed by atoms with E-state index in [1.165, 1.54) is 11.3 Å². The average molecular weight is 330 g/mol. The van der Waals surface area contributed by atoms with Crippen molar-refractivity contribution in [1.29, 1.82) is 0 Å². The second-order valence-electron chi connectivity index (χ2n) is 5.20. The van der Waals surface area contributed by atoms with Gasteiger partial charge in [0, 0.05) is 13.2 Å². The summed E-state index contributed by atoms with van der Waals surface area (Å²) in [5.74, 6) is 0.675. The van der Waals surface area contributed by atoms with Crippen molar-refractivity contribution in [3.63, 3.8) is 0 Å². The molecular weight excluding hydrogens is 312 g/mol. The number of imidazole rings is 1. The van der Waals surface area contributed by atoms with Crippen molar-refractivity contribution in [3.05, 3.63) is 35.5 Å². The number of nitrogens with zero attached hydrogens (tertiary/aromatic N) is 3. The fourth-order valence-electron chi connectivity index (χ4n) is 2.43. The van der Waals surface area contributed by atoms with Crippen molar-refractivity contribution in [3.8, 4) is 10.7 Å². The Hall–Kier alpha value is -2.25. The summed E-state index contributed by atoms with van der Waals surface area (Å²) in [6.45, 7) is 2.67. The minimum Gasteiger partial charge on any atom is -0.396 e. The number of hydrogen-bond acceptors (Lipinski definition) is 5. The summed E-state index contributed by atoms with van der Waals surface area (Å²) >= 11 is 1.52. The minimum atomic E-state index is -0.0926. The number of rotatable bonds is 6. The minimum absolute atomic E-state index is 0.0690. The quantitative estimate of drug-likeness (QED) is 0.677. The summed E-state index contributed by atoms with van der Waals surface area (Å²) in [5, 5.41) is 11.6. The van der Waals surface area contributed by atoms with Crippen LogP contribution in [0.2, 0.25) is 0 Å². The highest BCUT2D eigenvalue weighted by atomic mass is 32.1. The molecule has 0 aliphatic heterocycles. The first-order chi connectivity index (χ1) is 11.2. The second-order valence-corrected chi connectivity index (χ2v) is 6.06. The van der Waals surface area contributed by atoms with Gasteiger partial charge in [0.25, 0.3) is 0 Å². The van der Waals surface area contributed by atoms with Gasteiger partial charge in [-0.1, -0.05) is 12.1 Å². The Morgan fingerprint density at radius 3 is 2.96 bits per heavy atom. The molecule has 3 rings (SSSR count). The molecule has 7 heteroatoms. The number of hydrogen-bond donors (Lipinski definition) is 2. The van der Waals surface area contributed by atoms with E-state index in [2.05, 4.69) is 15.3 Å². The molecule has 2 heterocycles. The normalized spacial score (nSPS) is 11.0. The third-order valence-electron chi connectivity index (χ3n) is 3.56. The Labute approximate surface area is 137 Å². The van der Waals surface area contributed by atoms with Gasteiger partial charge in [-0.3, -0.25) is 4.79 Å². The molecule has 0 unspecified atom stereocenters. The van der Waals surface area contributed by atoms with Crippen LogP contribution < -0.4 is 5.32 Å². The highest BCUT2D eigenvalue weighted by molar-refractivity contribution is 7.13. The Morgan fingerprint density at radius 1 is 1.39 bits per heavy atom. The molecule has 0 radical (unpaired) electrons. The third-order valence-corrected chi connectivity index (χ3v) is 4.49. The number of aliphatic hydroxyl groups is 1. The van der Waals surface area contributed by atoms with Crippen LogP contribution in [0.1, 0.15) is 12.1 Å². The summed E-state index contributed by atoms with van der Waals surface area (Å²) in [7, 11) is 0. The smallest absolute Gasteiger partial charge is 0.240 e. The van der Waals surface area contributed by atoms with Crippen molar-refractivity contribution >= 4 is 28.3 Å². The number of carbonyl (C=O) groups excluding carboxylic acids is 1. The van der Waals surface area contributed by atoms with Gasteiger partial charge in [0.1, 0.15) is 6.54 Å². The van der Waals surface area contributed by atoms with E-state index in [9.17, 15) is 4.79 Å². The number of carbonyl (C=O) groups is 1. The summed E-state index contributed by atoms with van der Waals surface area (Å²) in [5.41, 5.74) is 4.48. The predicted octanol–water partition coefficient (Wildman–Crippen LogP) is 1.97. The second kappa shape index (κ2) is 6.89. The highest BCUT2D eigenvalue weighted by Gasteiger charge is 2.17. The SMILES string of the molecule is Cc1ncsc1-c1nc2ccccc2n1CC(=O)NCCCO. The molecule has 2 N–H and O–H groups in total. The first kappa shape index (κ1) is 15.6. The molecular formula is C16H18N4O2S. The number of nitrogens with one attached hydrogen (secondary N) is 1. The number of aliphatic hydroxyl groups excluding tert-OH is 1. The van der Waals surface area contributed by atoms with Gasteiger partial charge in [0.15, 0.2) is 5.82 Å². The van der Waals surface area contributed by atoms with Gasteiger partial charge >= 0.3 is 0 Å². The van der Waals surface area contributed by atoms with Crippen LogP contribution in [0, 0.1) is 6.92 Å². The van der Waals surface area contributed by atoms with Crippen molar-refractivity contribution in [2.75, 3.05) is 13.2 Å². The van der Waals surface area contributed by atoms with Crippen LogP contribution in [0.15, 0.2) is 29.8 Å². The largest absolute Gasteiger partial charge is 0.396 e. The predicted molar refractivity (Wildman–Crippen MR) is 90.3 cm³/mol. The van der Waals surface area contributed by atoms with E-state index in [-0.39, 0.29) is 19.1 Å². The lowest BCUT2D eigenvalue weighted by Crippen LogP contribution is -2.29. The first-order valence-electron chi connectivity index (χ1n) is 7.44. The van der Waals surface area contributed by atoms with Crippen molar-refractivity contribution in [2.24, 2.45) is 0 Å². The number of aromatic nitrogens is 3. The lowest BCUT2D eigenvalue weighted by Gasteiger charge is -2.09. The van der Waals surface area contributed by atoms with Gasteiger partial charge in [-0.05, 0) is 25.5 Å². The Morgan fingerprint density at radius 2 is 2.22 bits per heavy atom. The molecule has 6 nitrogen and oxygen atoms in total. The van der Waals surface area contributed by atoms with Crippen LogP contribution in [0.25, 0.3) is 21.7 Å². The molecule has 0 spiro atoms. The van der Waals surface area contributed by atoms with Gasteiger partial charge in [-0.25, -0.2) is 9.97 Å². The van der Waals surface area contributed by atoms with Gasteiger partial charge in [0.2, 0.25) is 5.91 Å². The number of benzene rings is 1.